The van der Waals surface area contributed by atoms with Gasteiger partial charge >= 0.3 is 0 Å². The number of ether oxygens (including phenoxy) is 2. The van der Waals surface area contributed by atoms with Crippen molar-refractivity contribution in [2.75, 3.05) is 33.4 Å². The Kier molecular flexibility index (Phi) is 3.10. The summed E-state index contributed by atoms with van der Waals surface area (Å²) < 4.78 is 11.1. The van der Waals surface area contributed by atoms with Crippen LogP contribution in [0.15, 0.2) is 0 Å². The molecule has 3 heteroatoms. The Balaban J connectivity index is 1.99. The van der Waals surface area contributed by atoms with E-state index in [1.54, 1.807) is 0 Å². The summed E-state index contributed by atoms with van der Waals surface area (Å²) in [6.45, 7) is 6.12. The molecular formula is C11H21NO2. The average molecular weight is 199 g/mol. The van der Waals surface area contributed by atoms with E-state index < -0.39 is 0 Å². The number of hydrogen-bond acceptors (Lipinski definition) is 3. The van der Waals surface area contributed by atoms with Crippen molar-refractivity contribution >= 4 is 0 Å². The lowest BCUT2D eigenvalue weighted by Gasteiger charge is -2.31. The van der Waals surface area contributed by atoms with E-state index in [0.717, 1.165) is 26.2 Å². The summed E-state index contributed by atoms with van der Waals surface area (Å²) in [6, 6.07) is 0. The molecule has 2 saturated heterocycles. The maximum Gasteiger partial charge on any atom is 0.0716 e. The third-order valence-corrected chi connectivity index (χ3v) is 3.68. The minimum atomic E-state index is 0.316. The fourth-order valence-electron chi connectivity index (χ4n) is 2.92. The Morgan fingerprint density at radius 1 is 1.50 bits per heavy atom. The molecule has 0 aliphatic carbocycles. The molecule has 0 radical (unpaired) electrons. The summed E-state index contributed by atoms with van der Waals surface area (Å²) in [6.07, 6.45) is 4.19. The van der Waals surface area contributed by atoms with Crippen LogP contribution < -0.4 is 0 Å². The first-order valence-electron chi connectivity index (χ1n) is 5.66. The van der Waals surface area contributed by atoms with E-state index in [4.69, 9.17) is 9.47 Å². The SMILES string of the molecule is CCOC[C@]12CCCN1C[C@H](OC)C2. The molecule has 0 spiro atoms. The van der Waals surface area contributed by atoms with Crippen molar-refractivity contribution < 1.29 is 9.47 Å². The second kappa shape index (κ2) is 4.17. The predicted molar refractivity (Wildman–Crippen MR) is 55.4 cm³/mol. The highest BCUT2D eigenvalue weighted by Crippen LogP contribution is 2.39. The molecule has 0 aromatic rings. The van der Waals surface area contributed by atoms with Crippen molar-refractivity contribution in [2.24, 2.45) is 0 Å². The van der Waals surface area contributed by atoms with E-state index in [1.165, 1.54) is 19.4 Å². The summed E-state index contributed by atoms with van der Waals surface area (Å²) >= 11 is 0. The fraction of sp³-hybridized carbons (Fsp3) is 1.00. The Morgan fingerprint density at radius 3 is 3.07 bits per heavy atom. The molecule has 2 rings (SSSR count). The van der Waals surface area contributed by atoms with Gasteiger partial charge in [-0.1, -0.05) is 0 Å². The molecule has 2 aliphatic rings. The van der Waals surface area contributed by atoms with Gasteiger partial charge in [0.1, 0.15) is 0 Å². The van der Waals surface area contributed by atoms with Crippen LogP contribution in [-0.2, 0) is 9.47 Å². The third kappa shape index (κ3) is 1.69. The molecule has 14 heavy (non-hydrogen) atoms. The number of rotatable bonds is 4. The van der Waals surface area contributed by atoms with Crippen LogP contribution in [0.5, 0.6) is 0 Å². The van der Waals surface area contributed by atoms with Crippen molar-refractivity contribution in [1.82, 2.24) is 4.90 Å². The molecule has 0 amide bonds. The first kappa shape index (κ1) is 10.4. The lowest BCUT2D eigenvalue weighted by Crippen LogP contribution is -2.42. The minimum Gasteiger partial charge on any atom is -0.380 e. The van der Waals surface area contributed by atoms with Crippen LogP contribution >= 0.6 is 0 Å². The second-order valence-electron chi connectivity index (χ2n) is 4.47. The molecular weight excluding hydrogens is 178 g/mol. The molecule has 2 heterocycles. The maximum absolute atomic E-state index is 5.62. The smallest absolute Gasteiger partial charge is 0.0716 e. The Hall–Kier alpha value is -0.120. The summed E-state index contributed by atoms with van der Waals surface area (Å²) in [5.74, 6) is 0. The van der Waals surface area contributed by atoms with Crippen molar-refractivity contribution in [3.8, 4) is 0 Å². The molecule has 0 N–H and O–H groups in total. The average Bonchev–Trinajstić information content (AvgIpc) is 2.70. The molecule has 0 unspecified atom stereocenters. The van der Waals surface area contributed by atoms with Gasteiger partial charge in [-0.05, 0) is 32.7 Å². The molecule has 2 fully saturated rings. The zero-order valence-corrected chi connectivity index (χ0v) is 9.29. The Morgan fingerprint density at radius 2 is 2.36 bits per heavy atom. The second-order valence-corrected chi connectivity index (χ2v) is 4.47. The van der Waals surface area contributed by atoms with Crippen LogP contribution in [0.25, 0.3) is 0 Å². The number of hydrogen-bond donors (Lipinski definition) is 0. The highest BCUT2D eigenvalue weighted by Gasteiger charge is 2.48. The van der Waals surface area contributed by atoms with Crippen molar-refractivity contribution in [2.45, 2.75) is 37.8 Å². The van der Waals surface area contributed by atoms with Crippen LogP contribution in [-0.4, -0.2) is 50.0 Å². The van der Waals surface area contributed by atoms with Crippen LogP contribution in [0.1, 0.15) is 26.2 Å². The first-order valence-corrected chi connectivity index (χ1v) is 5.66. The van der Waals surface area contributed by atoms with Gasteiger partial charge in [0.2, 0.25) is 0 Å². The molecule has 0 saturated carbocycles. The van der Waals surface area contributed by atoms with E-state index in [2.05, 4.69) is 11.8 Å². The van der Waals surface area contributed by atoms with Gasteiger partial charge in [-0.2, -0.15) is 0 Å². The zero-order valence-electron chi connectivity index (χ0n) is 9.29. The van der Waals surface area contributed by atoms with Crippen LogP contribution in [0.2, 0.25) is 0 Å². The van der Waals surface area contributed by atoms with Crippen LogP contribution in [0, 0.1) is 0 Å². The Labute approximate surface area is 86.4 Å². The standard InChI is InChI=1S/C11H21NO2/c1-3-14-9-11-5-4-6-12(11)8-10(7-11)13-2/h10H,3-9H2,1-2H3/t10-,11-/m1/s1. The molecule has 0 aromatic carbocycles. The number of nitrogens with zero attached hydrogens (tertiary/aromatic N) is 1. The lowest BCUT2D eigenvalue weighted by atomic mass is 9.94. The quantitative estimate of drug-likeness (QED) is 0.680. The molecule has 2 aliphatic heterocycles. The van der Waals surface area contributed by atoms with Gasteiger partial charge in [0.25, 0.3) is 0 Å². The highest BCUT2D eigenvalue weighted by atomic mass is 16.5. The van der Waals surface area contributed by atoms with Gasteiger partial charge in [-0.25, -0.2) is 0 Å². The monoisotopic (exact) mass is 199 g/mol. The fourth-order valence-corrected chi connectivity index (χ4v) is 2.92. The van der Waals surface area contributed by atoms with Crippen molar-refractivity contribution in [3.63, 3.8) is 0 Å². The summed E-state index contributed by atoms with van der Waals surface area (Å²) in [7, 11) is 1.82. The van der Waals surface area contributed by atoms with Crippen molar-refractivity contribution in [3.05, 3.63) is 0 Å². The van der Waals surface area contributed by atoms with Gasteiger partial charge in [0.15, 0.2) is 0 Å². The maximum atomic E-state index is 5.62. The molecule has 0 aromatic heterocycles. The van der Waals surface area contributed by atoms with Gasteiger partial charge in [0, 0.05) is 25.8 Å². The molecule has 0 bridgehead atoms. The van der Waals surface area contributed by atoms with Gasteiger partial charge in [-0.15, -0.1) is 0 Å². The van der Waals surface area contributed by atoms with Gasteiger partial charge in [-0.3, -0.25) is 4.90 Å². The van der Waals surface area contributed by atoms with E-state index in [0.29, 0.717) is 11.6 Å². The topological polar surface area (TPSA) is 21.7 Å². The van der Waals surface area contributed by atoms with Crippen molar-refractivity contribution in [1.29, 1.82) is 0 Å². The van der Waals surface area contributed by atoms with Crippen LogP contribution in [0.3, 0.4) is 0 Å². The van der Waals surface area contributed by atoms with Gasteiger partial charge in [0.05, 0.1) is 12.7 Å². The number of methoxy groups -OCH3 is 1. The third-order valence-electron chi connectivity index (χ3n) is 3.68. The summed E-state index contributed by atoms with van der Waals surface area (Å²) in [4.78, 5) is 2.57. The highest BCUT2D eigenvalue weighted by molar-refractivity contribution is 5.03. The minimum absolute atomic E-state index is 0.316. The van der Waals surface area contributed by atoms with E-state index >= 15 is 0 Å². The molecule has 2 atom stereocenters. The van der Waals surface area contributed by atoms with E-state index in [1.807, 2.05) is 7.11 Å². The normalized spacial score (nSPS) is 37.7. The zero-order chi connectivity index (χ0) is 10.0. The van der Waals surface area contributed by atoms with E-state index in [-0.39, 0.29) is 0 Å². The van der Waals surface area contributed by atoms with E-state index in [9.17, 15) is 0 Å². The molecule has 3 nitrogen and oxygen atoms in total. The number of fused-ring (bicyclic) bond motifs is 1. The van der Waals surface area contributed by atoms with Crippen LogP contribution in [0.4, 0.5) is 0 Å². The van der Waals surface area contributed by atoms with Gasteiger partial charge < -0.3 is 9.47 Å². The summed E-state index contributed by atoms with van der Waals surface area (Å²) in [5.41, 5.74) is 0.316. The predicted octanol–water partition coefficient (Wildman–Crippen LogP) is 1.28. The lowest BCUT2D eigenvalue weighted by molar-refractivity contribution is 0.0399. The first-order chi connectivity index (χ1) is 6.80. The molecule has 82 valence electrons. The largest absolute Gasteiger partial charge is 0.380 e. The Bertz CT molecular complexity index is 198. The summed E-state index contributed by atoms with van der Waals surface area (Å²) in [5, 5.41) is 0.